The predicted molar refractivity (Wildman–Crippen MR) is 105 cm³/mol. The fraction of sp³-hybridized carbons (Fsp3) is 0.762. The van der Waals surface area contributed by atoms with Crippen LogP contribution in [0.3, 0.4) is 0 Å². The molecular weight excluding hydrogens is 356 g/mol. The van der Waals surface area contributed by atoms with E-state index in [0.717, 1.165) is 37.1 Å². The Balaban J connectivity index is 1.28. The Bertz CT molecular complexity index is 732. The highest BCUT2D eigenvalue weighted by Crippen LogP contribution is 2.34. The molecular formula is C21H32N4O3. The first-order valence-corrected chi connectivity index (χ1v) is 10.7. The molecule has 4 rings (SSSR count). The zero-order valence-corrected chi connectivity index (χ0v) is 17.2. The molecule has 0 unspecified atom stereocenters. The molecule has 154 valence electrons. The summed E-state index contributed by atoms with van der Waals surface area (Å²) in [5.74, 6) is 0.740. The summed E-state index contributed by atoms with van der Waals surface area (Å²) in [7, 11) is 0. The largest absolute Gasteiger partial charge is 0.371 e. The van der Waals surface area contributed by atoms with E-state index in [-0.39, 0.29) is 17.4 Å². The van der Waals surface area contributed by atoms with E-state index in [1.165, 1.54) is 6.42 Å². The molecule has 0 aromatic carbocycles. The van der Waals surface area contributed by atoms with Gasteiger partial charge in [0.05, 0.1) is 17.9 Å². The molecule has 2 saturated heterocycles. The number of aromatic nitrogens is 2. The molecule has 0 N–H and O–H groups in total. The number of nitrogens with zero attached hydrogens (tertiary/aromatic N) is 4. The summed E-state index contributed by atoms with van der Waals surface area (Å²) in [6, 6.07) is 2.03. The molecule has 28 heavy (non-hydrogen) atoms. The summed E-state index contributed by atoms with van der Waals surface area (Å²) in [5, 5.41) is 4.43. The van der Waals surface area contributed by atoms with E-state index in [9.17, 15) is 9.59 Å². The highest BCUT2D eigenvalue weighted by Gasteiger charge is 2.43. The van der Waals surface area contributed by atoms with Crippen molar-refractivity contribution in [3.05, 3.63) is 17.5 Å². The van der Waals surface area contributed by atoms with E-state index in [2.05, 4.69) is 5.10 Å². The van der Waals surface area contributed by atoms with Crippen LogP contribution in [0.5, 0.6) is 0 Å². The molecule has 0 bridgehead atoms. The van der Waals surface area contributed by atoms with E-state index in [0.29, 0.717) is 51.7 Å². The van der Waals surface area contributed by atoms with Crippen molar-refractivity contribution >= 4 is 11.8 Å². The fourth-order valence-corrected chi connectivity index (χ4v) is 4.67. The van der Waals surface area contributed by atoms with Gasteiger partial charge in [0.25, 0.3) is 0 Å². The van der Waals surface area contributed by atoms with Gasteiger partial charge in [-0.1, -0.05) is 6.42 Å². The maximum atomic E-state index is 12.6. The lowest BCUT2D eigenvalue weighted by atomic mass is 9.83. The first-order valence-electron chi connectivity index (χ1n) is 10.7. The number of likely N-dealkylation sites (tertiary alicyclic amines) is 1. The van der Waals surface area contributed by atoms with E-state index in [1.807, 2.05) is 34.4 Å². The molecule has 3 heterocycles. The van der Waals surface area contributed by atoms with Crippen molar-refractivity contribution in [3.63, 3.8) is 0 Å². The molecule has 7 nitrogen and oxygen atoms in total. The lowest BCUT2D eigenvalue weighted by molar-refractivity contribution is -0.167. The van der Waals surface area contributed by atoms with E-state index in [4.69, 9.17) is 4.74 Å². The third-order valence-electron chi connectivity index (χ3n) is 6.68. The normalized spacial score (nSPS) is 22.4. The molecule has 3 fully saturated rings. The van der Waals surface area contributed by atoms with E-state index < -0.39 is 0 Å². The Kier molecular flexibility index (Phi) is 5.45. The molecule has 0 atom stereocenters. The van der Waals surface area contributed by atoms with Crippen molar-refractivity contribution < 1.29 is 14.3 Å². The molecule has 3 aliphatic rings. The number of piperidine rings is 1. The van der Waals surface area contributed by atoms with Gasteiger partial charge < -0.3 is 14.5 Å². The molecule has 0 radical (unpaired) electrons. The number of carbonyl (C=O) groups excluding carboxylic acids is 2. The van der Waals surface area contributed by atoms with Crippen molar-refractivity contribution in [2.45, 2.75) is 64.5 Å². The van der Waals surface area contributed by atoms with Gasteiger partial charge in [0, 0.05) is 50.8 Å². The van der Waals surface area contributed by atoms with Gasteiger partial charge in [-0.05, 0) is 45.6 Å². The monoisotopic (exact) mass is 388 g/mol. The van der Waals surface area contributed by atoms with E-state index in [1.54, 1.807) is 0 Å². The van der Waals surface area contributed by atoms with Crippen molar-refractivity contribution in [3.8, 4) is 0 Å². The zero-order chi connectivity index (χ0) is 19.7. The van der Waals surface area contributed by atoms with Crippen LogP contribution in [-0.2, 0) is 20.9 Å². The van der Waals surface area contributed by atoms with Crippen LogP contribution in [0.15, 0.2) is 6.07 Å². The minimum absolute atomic E-state index is 0.181. The number of morpholine rings is 1. The van der Waals surface area contributed by atoms with Crippen LogP contribution in [0.25, 0.3) is 0 Å². The highest BCUT2D eigenvalue weighted by atomic mass is 16.5. The number of aryl methyl sites for hydroxylation is 3. The number of hydrogen-bond donors (Lipinski definition) is 0. The summed E-state index contributed by atoms with van der Waals surface area (Å²) < 4.78 is 8.06. The first kappa shape index (κ1) is 19.4. The zero-order valence-electron chi connectivity index (χ0n) is 17.2. The summed E-state index contributed by atoms with van der Waals surface area (Å²) in [6.45, 7) is 8.05. The molecule has 1 spiro atoms. The Hall–Kier alpha value is -1.89. The third kappa shape index (κ3) is 3.95. The predicted octanol–water partition coefficient (Wildman–Crippen LogP) is 1.91. The maximum Gasteiger partial charge on any atom is 0.225 e. The maximum absolute atomic E-state index is 12.6. The number of ether oxygens (including phenoxy) is 1. The van der Waals surface area contributed by atoms with Gasteiger partial charge in [0.15, 0.2) is 0 Å². The van der Waals surface area contributed by atoms with Crippen molar-refractivity contribution in [1.29, 1.82) is 0 Å². The standard InChI is InChI=1S/C21H32N4O3/c1-16-14-17(2)25(22-16)9-6-19(26)23-10-7-21(8-11-23)15-24(12-13-28-21)20(27)18-4-3-5-18/h14,18H,3-13,15H2,1-2H3. The van der Waals surface area contributed by atoms with Gasteiger partial charge >= 0.3 is 0 Å². The van der Waals surface area contributed by atoms with Crippen molar-refractivity contribution in [2.24, 2.45) is 5.92 Å². The second-order valence-electron chi connectivity index (χ2n) is 8.70. The smallest absolute Gasteiger partial charge is 0.225 e. The molecule has 1 aromatic heterocycles. The van der Waals surface area contributed by atoms with Gasteiger partial charge in [-0.15, -0.1) is 0 Å². The second kappa shape index (κ2) is 7.85. The Labute approximate surface area is 167 Å². The summed E-state index contributed by atoms with van der Waals surface area (Å²) in [6.07, 6.45) is 5.37. The molecule has 2 amide bonds. The third-order valence-corrected chi connectivity index (χ3v) is 6.68. The van der Waals surface area contributed by atoms with Crippen LogP contribution >= 0.6 is 0 Å². The molecule has 2 aliphatic heterocycles. The average molecular weight is 389 g/mol. The Morgan fingerprint density at radius 2 is 1.93 bits per heavy atom. The van der Waals surface area contributed by atoms with Gasteiger partial charge in [0.1, 0.15) is 0 Å². The van der Waals surface area contributed by atoms with Crippen LogP contribution in [0, 0.1) is 19.8 Å². The van der Waals surface area contributed by atoms with Crippen LogP contribution in [0.2, 0.25) is 0 Å². The Morgan fingerprint density at radius 1 is 1.18 bits per heavy atom. The van der Waals surface area contributed by atoms with Gasteiger partial charge in [0.2, 0.25) is 11.8 Å². The van der Waals surface area contributed by atoms with Crippen LogP contribution in [0.4, 0.5) is 0 Å². The molecule has 1 aromatic rings. The first-order chi connectivity index (χ1) is 13.5. The highest BCUT2D eigenvalue weighted by molar-refractivity contribution is 5.80. The van der Waals surface area contributed by atoms with E-state index >= 15 is 0 Å². The summed E-state index contributed by atoms with van der Waals surface area (Å²) in [4.78, 5) is 29.2. The number of carbonyl (C=O) groups is 2. The number of hydrogen-bond acceptors (Lipinski definition) is 4. The van der Waals surface area contributed by atoms with Crippen molar-refractivity contribution in [2.75, 3.05) is 32.8 Å². The molecule has 1 aliphatic carbocycles. The van der Waals surface area contributed by atoms with Crippen LogP contribution in [-0.4, -0.2) is 69.8 Å². The minimum Gasteiger partial charge on any atom is -0.371 e. The number of amides is 2. The van der Waals surface area contributed by atoms with Crippen LogP contribution in [0.1, 0.15) is 49.9 Å². The quantitative estimate of drug-likeness (QED) is 0.790. The summed E-state index contributed by atoms with van der Waals surface area (Å²) in [5.41, 5.74) is 1.82. The van der Waals surface area contributed by atoms with Crippen LogP contribution < -0.4 is 0 Å². The lowest BCUT2D eigenvalue weighted by Crippen LogP contribution is -2.59. The lowest BCUT2D eigenvalue weighted by Gasteiger charge is -2.48. The molecule has 7 heteroatoms. The topological polar surface area (TPSA) is 67.7 Å². The number of rotatable bonds is 4. The SMILES string of the molecule is Cc1cc(C)n(CCC(=O)N2CCC3(CC2)CN(C(=O)C2CCC2)CCO3)n1. The summed E-state index contributed by atoms with van der Waals surface area (Å²) >= 11 is 0. The van der Waals surface area contributed by atoms with Crippen molar-refractivity contribution in [1.82, 2.24) is 19.6 Å². The fourth-order valence-electron chi connectivity index (χ4n) is 4.67. The minimum atomic E-state index is -0.260. The Morgan fingerprint density at radius 3 is 2.54 bits per heavy atom. The van der Waals surface area contributed by atoms with Gasteiger partial charge in [-0.25, -0.2) is 0 Å². The second-order valence-corrected chi connectivity index (χ2v) is 8.70. The molecule has 1 saturated carbocycles. The average Bonchev–Trinajstić information content (AvgIpc) is 2.96. The van der Waals surface area contributed by atoms with Gasteiger partial charge in [-0.2, -0.15) is 5.10 Å². The van der Waals surface area contributed by atoms with Gasteiger partial charge in [-0.3, -0.25) is 14.3 Å².